The van der Waals surface area contributed by atoms with Crippen LogP contribution in [0.5, 0.6) is 0 Å². The van der Waals surface area contributed by atoms with Gasteiger partial charge in [0.2, 0.25) is 0 Å². The van der Waals surface area contributed by atoms with E-state index in [9.17, 15) is 18.0 Å². The van der Waals surface area contributed by atoms with Crippen molar-refractivity contribution in [2.45, 2.75) is 38.2 Å². The van der Waals surface area contributed by atoms with Crippen molar-refractivity contribution in [2.24, 2.45) is 5.73 Å². The zero-order chi connectivity index (χ0) is 28.0. The average molecular weight is 547 g/mol. The van der Waals surface area contributed by atoms with Crippen molar-refractivity contribution in [1.82, 2.24) is 14.1 Å². The lowest BCUT2D eigenvalue weighted by molar-refractivity contribution is -0.192. The van der Waals surface area contributed by atoms with Crippen molar-refractivity contribution < 1.29 is 32.5 Å². The molecular weight excluding hydrogens is 517 g/mol. The van der Waals surface area contributed by atoms with Crippen LogP contribution in [0, 0.1) is 0 Å². The minimum absolute atomic E-state index is 0.111. The number of alkyl halides is 3. The Balaban J connectivity index is 0.000000448. The molecule has 0 saturated carbocycles. The number of aliphatic carboxylic acids is 1. The maximum Gasteiger partial charge on any atom is 0.490 e. The van der Waals surface area contributed by atoms with Gasteiger partial charge in [-0.25, -0.2) is 9.78 Å². The molecular formula is C27H29F3N4O5. The number of ether oxygens (including phenoxy) is 2. The van der Waals surface area contributed by atoms with E-state index in [4.69, 9.17) is 30.1 Å². The molecule has 1 saturated heterocycles. The van der Waals surface area contributed by atoms with Crippen LogP contribution in [0.15, 0.2) is 59.5 Å². The van der Waals surface area contributed by atoms with Gasteiger partial charge in [0, 0.05) is 48.9 Å². The van der Waals surface area contributed by atoms with Crippen molar-refractivity contribution in [3.63, 3.8) is 0 Å². The number of rotatable bonds is 8. The Morgan fingerprint density at radius 2 is 1.82 bits per heavy atom. The highest BCUT2D eigenvalue weighted by Gasteiger charge is 2.38. The first-order valence-corrected chi connectivity index (χ1v) is 12.5. The Bertz CT molecular complexity index is 1490. The average Bonchev–Trinajstić information content (AvgIpc) is 3.56. The minimum Gasteiger partial charge on any atom is -0.475 e. The summed E-state index contributed by atoms with van der Waals surface area (Å²) in [6.07, 6.45) is -0.661. The number of para-hydroxylation sites is 3. The number of benzene rings is 2. The molecule has 0 radical (unpaired) electrons. The Morgan fingerprint density at radius 3 is 2.49 bits per heavy atom. The van der Waals surface area contributed by atoms with Crippen LogP contribution in [-0.4, -0.2) is 63.8 Å². The molecule has 2 aromatic carbocycles. The van der Waals surface area contributed by atoms with Gasteiger partial charge in [0.15, 0.2) is 0 Å². The van der Waals surface area contributed by atoms with Crippen LogP contribution in [0.25, 0.3) is 33.2 Å². The molecule has 1 aliphatic heterocycles. The summed E-state index contributed by atoms with van der Waals surface area (Å²) in [6.45, 7) is 3.40. The molecule has 1 atom stereocenters. The van der Waals surface area contributed by atoms with Gasteiger partial charge in [-0.15, -0.1) is 0 Å². The van der Waals surface area contributed by atoms with Gasteiger partial charge in [-0.2, -0.15) is 13.2 Å². The van der Waals surface area contributed by atoms with Gasteiger partial charge >= 0.3 is 12.1 Å². The predicted octanol–water partition coefficient (Wildman–Crippen LogP) is 3.81. The minimum atomic E-state index is -5.08. The van der Waals surface area contributed by atoms with Crippen LogP contribution in [0.4, 0.5) is 13.2 Å². The van der Waals surface area contributed by atoms with Gasteiger partial charge in [-0.1, -0.05) is 30.3 Å². The Kier molecular flexibility index (Phi) is 9.00. The number of hydrogen-bond donors (Lipinski definition) is 2. The van der Waals surface area contributed by atoms with Crippen molar-refractivity contribution in [1.29, 1.82) is 0 Å². The number of nitrogens with two attached hydrogens (primary N) is 1. The Morgan fingerprint density at radius 1 is 1.13 bits per heavy atom. The molecule has 1 fully saturated rings. The largest absolute Gasteiger partial charge is 0.490 e. The molecule has 208 valence electrons. The lowest BCUT2D eigenvalue weighted by atomic mass is 10.1. The topological polar surface area (TPSA) is 122 Å². The Hall–Kier alpha value is -3.74. The first-order chi connectivity index (χ1) is 18.7. The van der Waals surface area contributed by atoms with E-state index < -0.39 is 12.1 Å². The normalized spacial score (nSPS) is 15.4. The molecule has 5 rings (SSSR count). The number of carbonyl (C=O) groups is 1. The molecule has 1 unspecified atom stereocenters. The first kappa shape index (κ1) is 28.3. The highest BCUT2D eigenvalue weighted by Crippen LogP contribution is 2.30. The van der Waals surface area contributed by atoms with Crippen LogP contribution in [0.1, 0.15) is 12.8 Å². The summed E-state index contributed by atoms with van der Waals surface area (Å²) in [5.41, 5.74) is 9.41. The van der Waals surface area contributed by atoms with E-state index in [0.29, 0.717) is 32.0 Å². The fourth-order valence-corrected chi connectivity index (χ4v) is 4.53. The number of aromatic nitrogens is 3. The zero-order valence-corrected chi connectivity index (χ0v) is 21.1. The summed E-state index contributed by atoms with van der Waals surface area (Å²) < 4.78 is 47.1. The number of fused-ring (bicyclic) bond motifs is 2. The molecule has 4 aromatic rings. The molecule has 3 heterocycles. The number of nitrogens with zero attached hydrogens (tertiary/aromatic N) is 3. The molecule has 39 heavy (non-hydrogen) atoms. The molecule has 2 aromatic heterocycles. The highest BCUT2D eigenvalue weighted by atomic mass is 19.4. The van der Waals surface area contributed by atoms with Crippen molar-refractivity contribution in [3.05, 3.63) is 65.1 Å². The number of hydrogen-bond acceptors (Lipinski definition) is 6. The summed E-state index contributed by atoms with van der Waals surface area (Å²) in [5.74, 6) is -2.76. The molecule has 9 nitrogen and oxygen atoms in total. The SMILES string of the molecule is NCCOCCn1c(=O)c(-c2cn(CC3CCCO3)c3ccccc23)nc2ccccc21.O=C(O)C(F)(F)F. The van der Waals surface area contributed by atoms with Gasteiger partial charge in [0.05, 0.1) is 30.4 Å². The van der Waals surface area contributed by atoms with Crippen molar-refractivity contribution in [2.75, 3.05) is 26.4 Å². The second kappa shape index (κ2) is 12.4. The van der Waals surface area contributed by atoms with Gasteiger partial charge in [-0.05, 0) is 31.0 Å². The second-order valence-electron chi connectivity index (χ2n) is 8.96. The predicted molar refractivity (Wildman–Crippen MR) is 139 cm³/mol. The lowest BCUT2D eigenvalue weighted by Crippen LogP contribution is -2.26. The van der Waals surface area contributed by atoms with E-state index in [1.165, 1.54) is 0 Å². The smallest absolute Gasteiger partial charge is 0.475 e. The summed E-state index contributed by atoms with van der Waals surface area (Å²) in [5, 5.41) is 8.15. The molecule has 0 aliphatic carbocycles. The summed E-state index contributed by atoms with van der Waals surface area (Å²) in [6, 6.07) is 15.9. The molecule has 1 aliphatic rings. The Labute approximate surface area is 221 Å². The fourth-order valence-electron chi connectivity index (χ4n) is 4.53. The molecule has 0 amide bonds. The zero-order valence-electron chi connectivity index (χ0n) is 21.1. The summed E-state index contributed by atoms with van der Waals surface area (Å²) in [4.78, 5) is 27.3. The quantitative estimate of drug-likeness (QED) is 0.323. The third-order valence-electron chi connectivity index (χ3n) is 6.28. The van der Waals surface area contributed by atoms with Gasteiger partial charge in [0.1, 0.15) is 5.69 Å². The van der Waals surface area contributed by atoms with Crippen LogP contribution in [-0.2, 0) is 27.4 Å². The second-order valence-corrected chi connectivity index (χ2v) is 8.96. The lowest BCUT2D eigenvalue weighted by Gasteiger charge is -2.12. The number of halogens is 3. The van der Waals surface area contributed by atoms with Crippen LogP contribution in [0.2, 0.25) is 0 Å². The summed E-state index contributed by atoms with van der Waals surface area (Å²) >= 11 is 0. The molecule has 0 bridgehead atoms. The molecule has 12 heteroatoms. The van der Waals surface area contributed by atoms with E-state index in [2.05, 4.69) is 22.9 Å². The van der Waals surface area contributed by atoms with Gasteiger partial charge in [0.25, 0.3) is 5.56 Å². The molecule has 3 N–H and O–H groups in total. The van der Waals surface area contributed by atoms with Gasteiger partial charge in [-0.3, -0.25) is 4.79 Å². The van der Waals surface area contributed by atoms with E-state index in [-0.39, 0.29) is 11.7 Å². The van der Waals surface area contributed by atoms with E-state index in [1.54, 1.807) is 4.57 Å². The maximum atomic E-state index is 13.6. The van der Waals surface area contributed by atoms with E-state index >= 15 is 0 Å². The monoisotopic (exact) mass is 546 g/mol. The van der Waals surface area contributed by atoms with Crippen molar-refractivity contribution >= 4 is 27.9 Å². The molecule has 0 spiro atoms. The van der Waals surface area contributed by atoms with E-state index in [0.717, 1.165) is 53.5 Å². The number of carboxylic acid groups (broad SMARTS) is 1. The van der Waals surface area contributed by atoms with Crippen LogP contribution in [0.3, 0.4) is 0 Å². The summed E-state index contributed by atoms with van der Waals surface area (Å²) in [7, 11) is 0. The van der Waals surface area contributed by atoms with Gasteiger partial charge < -0.3 is 29.4 Å². The fraction of sp³-hybridized carbons (Fsp3) is 0.370. The van der Waals surface area contributed by atoms with E-state index in [1.807, 2.05) is 36.4 Å². The third-order valence-corrected chi connectivity index (χ3v) is 6.28. The first-order valence-electron chi connectivity index (χ1n) is 12.5. The van der Waals surface area contributed by atoms with Crippen LogP contribution < -0.4 is 11.3 Å². The third kappa shape index (κ3) is 6.64. The standard InChI is InChI=1S/C25H28N4O3.C2HF3O2/c26-11-14-31-15-12-29-23-10-4-2-8-21(23)27-24(25(29)30)20-17-28(16-18-6-5-13-32-18)22-9-3-1-7-19(20)22;3-2(4,5)1(6)7/h1-4,7-10,17-18H,5-6,11-16,26H2;(H,6,7). The van der Waals surface area contributed by atoms with Crippen molar-refractivity contribution in [3.8, 4) is 11.3 Å². The van der Waals surface area contributed by atoms with Crippen LogP contribution >= 0.6 is 0 Å². The number of carboxylic acids is 1. The maximum absolute atomic E-state index is 13.6. The highest BCUT2D eigenvalue weighted by molar-refractivity contribution is 5.96.